The normalized spacial score (nSPS) is 12.6. The molecular formula is C84H161NO5. The maximum Gasteiger partial charge on any atom is 0.305 e. The Kier molecular flexibility index (Phi) is 77.8. The highest BCUT2D eigenvalue weighted by Gasteiger charge is 2.18. The third kappa shape index (κ3) is 75.1. The number of unbranched alkanes of at least 4 members (excludes halogenated alkanes) is 63. The Bertz CT molecular complexity index is 1460. The SMILES string of the molecule is CCC/C=C\C/C=C\CCCCCCCC(=O)OCCCCCCCCCCCCCCCCCCCCCCCCCCCCCCCCCCCCCCCC(=O)NC(CO)C(O)/C=C/CCCCCCCCCCCCCCCCCCCCCCC. The van der Waals surface area contributed by atoms with Gasteiger partial charge >= 0.3 is 5.97 Å². The van der Waals surface area contributed by atoms with Crippen molar-refractivity contribution in [2.75, 3.05) is 13.2 Å². The standard InChI is InChI=1S/C84H161NO5/c1-3-5-7-9-11-13-15-17-18-19-20-21-37-40-43-46-49-53-56-60-64-68-72-76-82(87)81(80-86)85-83(88)77-73-69-65-61-57-54-50-47-44-41-38-35-33-31-29-27-25-23-22-24-26-28-30-32-34-36-39-42-45-48-51-55-59-63-67-71-75-79-90-84(89)78-74-70-66-62-58-52-16-14-12-10-8-6-4-2/h8,10,14,16,72,76,81-82,86-87H,3-7,9,11-13,15,17-71,73-75,77-80H2,1-2H3,(H,85,88)/b10-8-,16-14-,76-72+. The summed E-state index contributed by atoms with van der Waals surface area (Å²) in [6, 6.07) is -0.625. The molecule has 2 atom stereocenters. The summed E-state index contributed by atoms with van der Waals surface area (Å²) < 4.78 is 5.49. The fraction of sp³-hybridized carbons (Fsp3) is 0.905. The second-order valence-corrected chi connectivity index (χ2v) is 28.5. The monoisotopic (exact) mass is 1260 g/mol. The number of carbonyl (C=O) groups is 2. The third-order valence-corrected chi connectivity index (χ3v) is 19.4. The molecule has 532 valence electrons. The number of rotatable bonds is 78. The molecule has 0 spiro atoms. The zero-order valence-electron chi connectivity index (χ0n) is 61.1. The summed E-state index contributed by atoms with van der Waals surface area (Å²) in [5.41, 5.74) is 0. The lowest BCUT2D eigenvalue weighted by Gasteiger charge is -2.20. The van der Waals surface area contributed by atoms with Crippen LogP contribution in [0.1, 0.15) is 463 Å². The lowest BCUT2D eigenvalue weighted by Crippen LogP contribution is -2.45. The van der Waals surface area contributed by atoms with Crippen molar-refractivity contribution in [2.24, 2.45) is 0 Å². The van der Waals surface area contributed by atoms with Crippen LogP contribution in [0.5, 0.6) is 0 Å². The van der Waals surface area contributed by atoms with Gasteiger partial charge in [0.2, 0.25) is 5.91 Å². The van der Waals surface area contributed by atoms with Gasteiger partial charge in [0.1, 0.15) is 0 Å². The Labute approximate surface area is 564 Å². The highest BCUT2D eigenvalue weighted by Crippen LogP contribution is 2.20. The molecule has 3 N–H and O–H groups in total. The maximum absolute atomic E-state index is 12.6. The van der Waals surface area contributed by atoms with Crippen molar-refractivity contribution in [1.82, 2.24) is 5.32 Å². The summed E-state index contributed by atoms with van der Waals surface area (Å²) in [6.45, 7) is 4.89. The molecule has 0 saturated carbocycles. The van der Waals surface area contributed by atoms with E-state index in [1.807, 2.05) is 6.08 Å². The predicted octanol–water partition coefficient (Wildman–Crippen LogP) is 27.4. The molecule has 0 aromatic carbocycles. The van der Waals surface area contributed by atoms with Crippen molar-refractivity contribution in [1.29, 1.82) is 0 Å². The summed E-state index contributed by atoms with van der Waals surface area (Å²) in [4.78, 5) is 24.6. The number of nitrogens with one attached hydrogen (secondary N) is 1. The van der Waals surface area contributed by atoms with Crippen LogP contribution in [-0.2, 0) is 14.3 Å². The van der Waals surface area contributed by atoms with Gasteiger partial charge in [0, 0.05) is 12.8 Å². The van der Waals surface area contributed by atoms with Crippen molar-refractivity contribution in [3.05, 3.63) is 36.5 Å². The molecule has 6 nitrogen and oxygen atoms in total. The molecule has 0 aromatic heterocycles. The third-order valence-electron chi connectivity index (χ3n) is 19.4. The number of carbonyl (C=O) groups excluding carboxylic acids is 2. The first-order valence-corrected chi connectivity index (χ1v) is 41.3. The molecule has 0 aliphatic rings. The van der Waals surface area contributed by atoms with Gasteiger partial charge < -0.3 is 20.3 Å². The molecule has 6 heteroatoms. The lowest BCUT2D eigenvalue weighted by molar-refractivity contribution is -0.143. The van der Waals surface area contributed by atoms with Crippen molar-refractivity contribution in [3.63, 3.8) is 0 Å². The quantitative estimate of drug-likeness (QED) is 0.0320. The number of ether oxygens (including phenoxy) is 1. The van der Waals surface area contributed by atoms with Crippen LogP contribution in [0.15, 0.2) is 36.5 Å². The largest absolute Gasteiger partial charge is 0.466 e. The Balaban J connectivity index is 3.33. The predicted molar refractivity (Wildman–Crippen MR) is 398 cm³/mol. The van der Waals surface area contributed by atoms with Crippen LogP contribution in [0.4, 0.5) is 0 Å². The summed E-state index contributed by atoms with van der Waals surface area (Å²) in [5.74, 6) is -0.0487. The first kappa shape index (κ1) is 88.1. The van der Waals surface area contributed by atoms with E-state index in [0.29, 0.717) is 19.4 Å². The molecule has 0 saturated heterocycles. The Morgan fingerprint density at radius 2 is 0.578 bits per heavy atom. The molecule has 0 bridgehead atoms. The number of hydrogen-bond donors (Lipinski definition) is 3. The Morgan fingerprint density at radius 1 is 0.311 bits per heavy atom. The summed E-state index contributed by atoms with van der Waals surface area (Å²) in [6.07, 6.45) is 104. The Hall–Kier alpha value is -1.92. The number of aliphatic hydroxyl groups is 2. The first-order chi connectivity index (χ1) is 44.5. The van der Waals surface area contributed by atoms with Crippen LogP contribution >= 0.6 is 0 Å². The van der Waals surface area contributed by atoms with E-state index in [2.05, 4.69) is 43.5 Å². The van der Waals surface area contributed by atoms with E-state index in [9.17, 15) is 19.8 Å². The van der Waals surface area contributed by atoms with E-state index in [0.717, 1.165) is 51.4 Å². The lowest BCUT2D eigenvalue weighted by atomic mass is 10.0. The average Bonchev–Trinajstić information content (AvgIpc) is 3.71. The molecule has 0 aliphatic carbocycles. The van der Waals surface area contributed by atoms with Crippen molar-refractivity contribution >= 4 is 11.9 Å². The fourth-order valence-corrected chi connectivity index (χ4v) is 13.2. The molecule has 0 radical (unpaired) electrons. The van der Waals surface area contributed by atoms with Crippen molar-refractivity contribution < 1.29 is 24.5 Å². The molecule has 0 aliphatic heterocycles. The van der Waals surface area contributed by atoms with Crippen molar-refractivity contribution in [3.8, 4) is 0 Å². The smallest absolute Gasteiger partial charge is 0.305 e. The summed E-state index contributed by atoms with van der Waals surface area (Å²) in [5, 5.41) is 23.3. The van der Waals surface area contributed by atoms with Crippen LogP contribution < -0.4 is 5.32 Å². The van der Waals surface area contributed by atoms with E-state index in [-0.39, 0.29) is 18.5 Å². The van der Waals surface area contributed by atoms with Gasteiger partial charge in [-0.25, -0.2) is 0 Å². The van der Waals surface area contributed by atoms with Gasteiger partial charge in [-0.15, -0.1) is 0 Å². The second-order valence-electron chi connectivity index (χ2n) is 28.5. The van der Waals surface area contributed by atoms with Gasteiger partial charge in [-0.3, -0.25) is 9.59 Å². The molecule has 0 aromatic rings. The average molecular weight is 1270 g/mol. The highest BCUT2D eigenvalue weighted by molar-refractivity contribution is 5.76. The molecule has 0 heterocycles. The zero-order chi connectivity index (χ0) is 64.9. The fourth-order valence-electron chi connectivity index (χ4n) is 13.2. The van der Waals surface area contributed by atoms with Gasteiger partial charge in [-0.05, 0) is 57.8 Å². The van der Waals surface area contributed by atoms with E-state index >= 15 is 0 Å². The summed E-state index contributed by atoms with van der Waals surface area (Å²) in [7, 11) is 0. The number of amides is 1. The van der Waals surface area contributed by atoms with Crippen LogP contribution in [0, 0.1) is 0 Å². The second kappa shape index (κ2) is 79.5. The first-order valence-electron chi connectivity index (χ1n) is 41.3. The van der Waals surface area contributed by atoms with Gasteiger partial charge in [0.25, 0.3) is 0 Å². The number of hydrogen-bond acceptors (Lipinski definition) is 5. The van der Waals surface area contributed by atoms with Gasteiger partial charge in [0.15, 0.2) is 0 Å². The van der Waals surface area contributed by atoms with Gasteiger partial charge in [0.05, 0.1) is 25.4 Å². The van der Waals surface area contributed by atoms with E-state index in [4.69, 9.17) is 4.74 Å². The van der Waals surface area contributed by atoms with E-state index < -0.39 is 12.1 Å². The van der Waals surface area contributed by atoms with E-state index in [1.54, 1.807) is 6.08 Å². The maximum atomic E-state index is 12.6. The van der Waals surface area contributed by atoms with Crippen LogP contribution in [0.25, 0.3) is 0 Å². The topological polar surface area (TPSA) is 95.9 Å². The van der Waals surface area contributed by atoms with Crippen molar-refractivity contribution in [2.45, 2.75) is 475 Å². The minimum atomic E-state index is -0.842. The zero-order valence-corrected chi connectivity index (χ0v) is 61.1. The van der Waals surface area contributed by atoms with Crippen LogP contribution in [0.2, 0.25) is 0 Å². The highest BCUT2D eigenvalue weighted by atomic mass is 16.5. The number of esters is 1. The minimum absolute atomic E-state index is 0.00836. The minimum Gasteiger partial charge on any atom is -0.466 e. The molecular weight excluding hydrogens is 1100 g/mol. The van der Waals surface area contributed by atoms with Crippen LogP contribution in [-0.4, -0.2) is 47.4 Å². The molecule has 1 amide bonds. The van der Waals surface area contributed by atoms with Gasteiger partial charge in [-0.1, -0.05) is 429 Å². The molecule has 0 fully saturated rings. The summed E-state index contributed by atoms with van der Waals surface area (Å²) >= 11 is 0. The number of allylic oxidation sites excluding steroid dienone is 5. The molecule has 0 rings (SSSR count). The van der Waals surface area contributed by atoms with Crippen LogP contribution in [0.3, 0.4) is 0 Å². The molecule has 2 unspecified atom stereocenters. The Morgan fingerprint density at radius 3 is 0.889 bits per heavy atom. The molecule has 90 heavy (non-hydrogen) atoms. The number of aliphatic hydroxyl groups excluding tert-OH is 2. The van der Waals surface area contributed by atoms with E-state index in [1.165, 1.54) is 385 Å². The van der Waals surface area contributed by atoms with Gasteiger partial charge in [-0.2, -0.15) is 0 Å².